The van der Waals surface area contributed by atoms with Crippen molar-refractivity contribution in [1.82, 2.24) is 15.1 Å². The van der Waals surface area contributed by atoms with Crippen LogP contribution in [0.2, 0.25) is 0 Å². The lowest BCUT2D eigenvalue weighted by atomic mass is 10.1. The Labute approximate surface area is 97.7 Å². The molecule has 16 heavy (non-hydrogen) atoms. The highest BCUT2D eigenvalue weighted by atomic mass is 16.3. The van der Waals surface area contributed by atoms with Crippen LogP contribution in [-0.4, -0.2) is 34.1 Å². The van der Waals surface area contributed by atoms with Crippen LogP contribution in [0.15, 0.2) is 6.07 Å². The van der Waals surface area contributed by atoms with Gasteiger partial charge in [-0.05, 0) is 26.0 Å². The second kappa shape index (κ2) is 6.66. The second-order valence-corrected chi connectivity index (χ2v) is 3.96. The van der Waals surface area contributed by atoms with Gasteiger partial charge in [0.05, 0.1) is 11.8 Å². The molecule has 1 rings (SSSR count). The Morgan fingerprint density at radius 1 is 1.44 bits per heavy atom. The number of aromatic nitrogens is 2. The van der Waals surface area contributed by atoms with Crippen LogP contribution >= 0.6 is 0 Å². The number of nitrogens with one attached hydrogen (secondary N) is 1. The van der Waals surface area contributed by atoms with Crippen molar-refractivity contribution in [2.75, 3.05) is 13.1 Å². The van der Waals surface area contributed by atoms with Crippen LogP contribution in [0.4, 0.5) is 0 Å². The van der Waals surface area contributed by atoms with Crippen LogP contribution in [-0.2, 0) is 19.4 Å². The first-order valence-electron chi connectivity index (χ1n) is 6.15. The van der Waals surface area contributed by atoms with Crippen LogP contribution in [0.1, 0.15) is 32.2 Å². The highest BCUT2D eigenvalue weighted by Crippen LogP contribution is 2.08. The zero-order valence-electron chi connectivity index (χ0n) is 10.5. The molecule has 0 radical (unpaired) electrons. The predicted molar refractivity (Wildman–Crippen MR) is 65.5 cm³/mol. The third-order valence-corrected chi connectivity index (χ3v) is 2.65. The van der Waals surface area contributed by atoms with Gasteiger partial charge in [0.15, 0.2) is 0 Å². The van der Waals surface area contributed by atoms with E-state index in [1.54, 1.807) is 0 Å². The van der Waals surface area contributed by atoms with E-state index in [1.807, 2.05) is 11.6 Å². The molecule has 0 spiro atoms. The maximum absolute atomic E-state index is 9.83. The quantitative estimate of drug-likeness (QED) is 0.727. The van der Waals surface area contributed by atoms with Crippen LogP contribution in [0.25, 0.3) is 0 Å². The summed E-state index contributed by atoms with van der Waals surface area (Å²) in [5.41, 5.74) is 2.23. The summed E-state index contributed by atoms with van der Waals surface area (Å²) in [7, 11) is 0. The number of hydrogen-bond acceptors (Lipinski definition) is 3. The Balaban J connectivity index is 2.60. The van der Waals surface area contributed by atoms with Gasteiger partial charge in [0, 0.05) is 25.2 Å². The van der Waals surface area contributed by atoms with E-state index in [0.717, 1.165) is 30.9 Å². The number of aryl methyl sites for hydroxylation is 2. The van der Waals surface area contributed by atoms with E-state index < -0.39 is 0 Å². The second-order valence-electron chi connectivity index (χ2n) is 3.96. The minimum Gasteiger partial charge on any atom is -0.391 e. The van der Waals surface area contributed by atoms with Crippen molar-refractivity contribution < 1.29 is 5.11 Å². The maximum atomic E-state index is 9.83. The van der Waals surface area contributed by atoms with Crippen molar-refractivity contribution >= 4 is 0 Å². The molecule has 0 amide bonds. The minimum absolute atomic E-state index is 0.327. The molecular weight excluding hydrogens is 202 g/mol. The molecule has 0 saturated carbocycles. The summed E-state index contributed by atoms with van der Waals surface area (Å²) < 4.78 is 1.98. The summed E-state index contributed by atoms with van der Waals surface area (Å²) in [5.74, 6) is 0. The summed E-state index contributed by atoms with van der Waals surface area (Å²) in [5, 5.41) is 17.4. The van der Waals surface area contributed by atoms with Gasteiger partial charge in [0.25, 0.3) is 0 Å². The largest absolute Gasteiger partial charge is 0.391 e. The molecule has 0 fully saturated rings. The van der Waals surface area contributed by atoms with E-state index in [1.165, 1.54) is 0 Å². The molecule has 0 aliphatic carbocycles. The van der Waals surface area contributed by atoms with Crippen LogP contribution < -0.4 is 5.32 Å². The molecule has 1 heterocycles. The maximum Gasteiger partial charge on any atom is 0.0719 e. The monoisotopic (exact) mass is 225 g/mol. The molecule has 0 aromatic carbocycles. The zero-order valence-corrected chi connectivity index (χ0v) is 10.5. The Bertz CT molecular complexity index is 309. The van der Waals surface area contributed by atoms with Crippen molar-refractivity contribution in [1.29, 1.82) is 0 Å². The van der Waals surface area contributed by atoms with Gasteiger partial charge in [-0.15, -0.1) is 0 Å². The summed E-state index contributed by atoms with van der Waals surface area (Å²) in [6.45, 7) is 8.62. The van der Waals surface area contributed by atoms with Crippen LogP contribution in [0.5, 0.6) is 0 Å². The molecule has 1 aromatic rings. The van der Waals surface area contributed by atoms with Gasteiger partial charge < -0.3 is 10.4 Å². The lowest BCUT2D eigenvalue weighted by Crippen LogP contribution is -2.28. The molecule has 92 valence electrons. The molecule has 1 unspecified atom stereocenters. The average molecular weight is 225 g/mol. The van der Waals surface area contributed by atoms with Crippen molar-refractivity contribution in [3.8, 4) is 0 Å². The molecule has 0 aliphatic rings. The lowest BCUT2D eigenvalue weighted by Gasteiger charge is -2.11. The topological polar surface area (TPSA) is 50.1 Å². The first-order chi connectivity index (χ1) is 7.71. The molecule has 2 N–H and O–H groups in total. The van der Waals surface area contributed by atoms with E-state index >= 15 is 0 Å². The third kappa shape index (κ3) is 3.61. The van der Waals surface area contributed by atoms with Gasteiger partial charge in [-0.2, -0.15) is 5.10 Å². The highest BCUT2D eigenvalue weighted by Gasteiger charge is 2.10. The predicted octanol–water partition coefficient (Wildman–Crippen LogP) is 0.978. The number of rotatable bonds is 7. The number of likely N-dealkylation sites (N-methyl/N-ethyl adjacent to an activating group) is 1. The molecule has 0 saturated heterocycles. The third-order valence-electron chi connectivity index (χ3n) is 2.65. The first kappa shape index (κ1) is 13.2. The smallest absolute Gasteiger partial charge is 0.0719 e. The van der Waals surface area contributed by atoms with Crippen LogP contribution in [0.3, 0.4) is 0 Å². The molecule has 4 nitrogen and oxygen atoms in total. The van der Waals surface area contributed by atoms with E-state index in [-0.39, 0.29) is 6.10 Å². The molecule has 0 bridgehead atoms. The molecule has 1 atom stereocenters. The zero-order chi connectivity index (χ0) is 12.0. The van der Waals surface area contributed by atoms with Gasteiger partial charge in [-0.1, -0.05) is 13.8 Å². The molecule has 0 aliphatic heterocycles. The van der Waals surface area contributed by atoms with E-state index in [0.29, 0.717) is 13.0 Å². The standard InChI is InChI=1S/C12H23N3O/c1-4-10-7-11(15(6-3)14-10)8-12(16)9-13-5-2/h7,12-13,16H,4-6,8-9H2,1-3H3. The van der Waals surface area contributed by atoms with E-state index in [9.17, 15) is 5.11 Å². The van der Waals surface area contributed by atoms with Crippen molar-refractivity contribution in [2.24, 2.45) is 0 Å². The average Bonchev–Trinajstić information content (AvgIpc) is 2.68. The fourth-order valence-electron chi connectivity index (χ4n) is 1.75. The molecular formula is C12H23N3O. The highest BCUT2D eigenvalue weighted by molar-refractivity contribution is 5.11. The van der Waals surface area contributed by atoms with E-state index in [2.05, 4.69) is 30.3 Å². The van der Waals surface area contributed by atoms with Crippen molar-refractivity contribution in [3.63, 3.8) is 0 Å². The summed E-state index contributed by atoms with van der Waals surface area (Å²) in [6.07, 6.45) is 1.29. The number of nitrogens with zero attached hydrogens (tertiary/aromatic N) is 2. The molecule has 4 heteroatoms. The molecule has 1 aromatic heterocycles. The Morgan fingerprint density at radius 3 is 2.75 bits per heavy atom. The fraction of sp³-hybridized carbons (Fsp3) is 0.750. The normalized spacial score (nSPS) is 13.0. The van der Waals surface area contributed by atoms with Crippen molar-refractivity contribution in [3.05, 3.63) is 17.5 Å². The van der Waals surface area contributed by atoms with Gasteiger partial charge in [-0.25, -0.2) is 0 Å². The minimum atomic E-state index is -0.327. The SMILES string of the molecule is CCNCC(O)Cc1cc(CC)nn1CC. The number of hydrogen-bond donors (Lipinski definition) is 2. The summed E-state index contributed by atoms with van der Waals surface area (Å²) in [6, 6.07) is 2.10. The van der Waals surface area contributed by atoms with Gasteiger partial charge in [0.1, 0.15) is 0 Å². The first-order valence-corrected chi connectivity index (χ1v) is 6.15. The van der Waals surface area contributed by atoms with Gasteiger partial charge in [0.2, 0.25) is 0 Å². The van der Waals surface area contributed by atoms with E-state index in [4.69, 9.17) is 0 Å². The number of aliphatic hydroxyl groups is 1. The number of aliphatic hydroxyl groups excluding tert-OH is 1. The Morgan fingerprint density at radius 2 is 2.19 bits per heavy atom. The van der Waals surface area contributed by atoms with Crippen molar-refractivity contribution in [2.45, 2.75) is 46.3 Å². The summed E-state index contributed by atoms with van der Waals surface area (Å²) >= 11 is 0. The Kier molecular flexibility index (Phi) is 5.49. The lowest BCUT2D eigenvalue weighted by molar-refractivity contribution is 0.170. The summed E-state index contributed by atoms with van der Waals surface area (Å²) in [4.78, 5) is 0. The Hall–Kier alpha value is -0.870. The van der Waals surface area contributed by atoms with Gasteiger partial charge >= 0.3 is 0 Å². The van der Waals surface area contributed by atoms with Crippen LogP contribution in [0, 0.1) is 0 Å². The fourth-order valence-corrected chi connectivity index (χ4v) is 1.75. The van der Waals surface area contributed by atoms with Gasteiger partial charge in [-0.3, -0.25) is 4.68 Å².